The van der Waals surface area contributed by atoms with E-state index in [0.717, 1.165) is 37.3 Å². The highest BCUT2D eigenvalue weighted by atomic mass is 35.5. The molecule has 3 heterocycles. The number of hydrogen-bond acceptors (Lipinski definition) is 5. The molecular weight excluding hydrogens is 499 g/mol. The molecule has 7 nitrogen and oxygen atoms in total. The minimum Gasteiger partial charge on any atom is -0.383 e. The number of nitrogens with zero attached hydrogens (tertiary/aromatic N) is 4. The van der Waals surface area contributed by atoms with Gasteiger partial charge in [-0.1, -0.05) is 35.3 Å². The van der Waals surface area contributed by atoms with Gasteiger partial charge < -0.3 is 19.8 Å². The normalized spacial score (nSPS) is 19.0. The summed E-state index contributed by atoms with van der Waals surface area (Å²) in [6.45, 7) is 4.60. The zero-order chi connectivity index (χ0) is 25.5. The highest BCUT2D eigenvalue weighted by Gasteiger charge is 2.35. The van der Waals surface area contributed by atoms with Gasteiger partial charge in [0.05, 0.1) is 15.7 Å². The van der Waals surface area contributed by atoms with Crippen molar-refractivity contribution < 1.29 is 14.7 Å². The van der Waals surface area contributed by atoms with Gasteiger partial charge in [0.2, 0.25) is 11.8 Å². The molecule has 0 radical (unpaired) electrons. The van der Waals surface area contributed by atoms with Gasteiger partial charge in [-0.25, -0.2) is 0 Å². The van der Waals surface area contributed by atoms with Gasteiger partial charge in [-0.3, -0.25) is 14.6 Å². The monoisotopic (exact) mass is 530 g/mol. The van der Waals surface area contributed by atoms with E-state index in [4.69, 9.17) is 23.2 Å². The van der Waals surface area contributed by atoms with Crippen molar-refractivity contribution in [3.05, 3.63) is 70.0 Å². The van der Waals surface area contributed by atoms with Crippen molar-refractivity contribution in [2.75, 3.05) is 45.8 Å². The lowest BCUT2D eigenvalue weighted by Gasteiger charge is -2.38. The van der Waals surface area contributed by atoms with Gasteiger partial charge in [0.15, 0.2) is 0 Å². The number of aromatic nitrogens is 1. The molecule has 0 spiro atoms. The maximum atomic E-state index is 12.7. The molecule has 0 atom stereocenters. The fourth-order valence-corrected chi connectivity index (χ4v) is 5.04. The number of carbonyl (C=O) groups excluding carboxylic acids is 2. The van der Waals surface area contributed by atoms with Gasteiger partial charge >= 0.3 is 0 Å². The summed E-state index contributed by atoms with van der Waals surface area (Å²) in [6, 6.07) is 10.9. The summed E-state index contributed by atoms with van der Waals surface area (Å²) in [7, 11) is 0. The van der Waals surface area contributed by atoms with Gasteiger partial charge in [-0.15, -0.1) is 0 Å². The molecule has 2 amide bonds. The molecule has 0 aliphatic carbocycles. The molecule has 2 aliphatic rings. The van der Waals surface area contributed by atoms with E-state index < -0.39 is 5.60 Å². The molecule has 1 aromatic heterocycles. The number of aliphatic hydroxyl groups is 1. The smallest absolute Gasteiger partial charge is 0.246 e. The molecule has 4 rings (SSSR count). The molecule has 36 heavy (non-hydrogen) atoms. The third-order valence-electron chi connectivity index (χ3n) is 6.99. The summed E-state index contributed by atoms with van der Waals surface area (Å²) in [5, 5.41) is 11.9. The van der Waals surface area contributed by atoms with Crippen molar-refractivity contribution in [3.63, 3.8) is 0 Å². The Balaban J connectivity index is 1.21. The SMILES string of the molecule is O=C(/C=C/c1ccc(Cl)c(Cl)c1)N1CCC(=O)N(CCCN2CCC(O)(c3ccccn3)CC2)CC1. The number of carbonyl (C=O) groups is 2. The zero-order valence-corrected chi connectivity index (χ0v) is 21.8. The molecule has 2 fully saturated rings. The second kappa shape index (κ2) is 12.2. The number of benzene rings is 1. The lowest BCUT2D eigenvalue weighted by atomic mass is 9.87. The van der Waals surface area contributed by atoms with Gasteiger partial charge in [-0.05, 0) is 61.7 Å². The summed E-state index contributed by atoms with van der Waals surface area (Å²) in [4.78, 5) is 35.6. The predicted molar refractivity (Wildman–Crippen MR) is 142 cm³/mol. The summed E-state index contributed by atoms with van der Waals surface area (Å²) >= 11 is 12.0. The quantitative estimate of drug-likeness (QED) is 0.550. The summed E-state index contributed by atoms with van der Waals surface area (Å²) in [5.41, 5.74) is 0.676. The summed E-state index contributed by atoms with van der Waals surface area (Å²) in [6.07, 6.45) is 7.44. The number of rotatable bonds is 7. The van der Waals surface area contributed by atoms with Crippen molar-refractivity contribution in [1.29, 1.82) is 0 Å². The Kier molecular flexibility index (Phi) is 9.01. The van der Waals surface area contributed by atoms with Crippen LogP contribution in [0.2, 0.25) is 10.0 Å². The molecule has 0 saturated carbocycles. The van der Waals surface area contributed by atoms with Crippen LogP contribution in [0.25, 0.3) is 6.08 Å². The average molecular weight is 531 g/mol. The minimum absolute atomic E-state index is 0.0851. The predicted octanol–water partition coefficient (Wildman–Crippen LogP) is 3.84. The van der Waals surface area contributed by atoms with Crippen LogP contribution >= 0.6 is 23.2 Å². The van der Waals surface area contributed by atoms with Gasteiger partial charge in [0, 0.05) is 58.0 Å². The first-order valence-corrected chi connectivity index (χ1v) is 13.2. The Morgan fingerprint density at radius 2 is 1.83 bits per heavy atom. The first kappa shape index (κ1) is 26.6. The van der Waals surface area contributed by atoms with E-state index in [1.807, 2.05) is 23.1 Å². The molecule has 1 N–H and O–H groups in total. The highest BCUT2D eigenvalue weighted by Crippen LogP contribution is 2.31. The average Bonchev–Trinajstić information content (AvgIpc) is 3.08. The fraction of sp³-hybridized carbons (Fsp3) is 0.444. The van der Waals surface area contributed by atoms with Crippen LogP contribution in [0, 0.1) is 0 Å². The standard InChI is InChI=1S/C27H32Cl2N4O3/c28-22-7-5-21(20-23(22)29)6-8-25(34)33-15-9-26(35)32(18-19-33)14-3-13-31-16-10-27(36,11-17-31)24-4-1-2-12-30-24/h1-2,4-8,12,20,36H,3,9-11,13-19H2/b8-6+. The van der Waals surface area contributed by atoms with Gasteiger partial charge in [0.25, 0.3) is 0 Å². The van der Waals surface area contributed by atoms with E-state index in [1.165, 1.54) is 6.08 Å². The number of halogens is 2. The Morgan fingerprint density at radius 3 is 2.56 bits per heavy atom. The van der Waals surface area contributed by atoms with Crippen LogP contribution in [0.3, 0.4) is 0 Å². The van der Waals surface area contributed by atoms with Crippen LogP contribution in [-0.2, 0) is 15.2 Å². The maximum Gasteiger partial charge on any atom is 0.246 e. The molecule has 9 heteroatoms. The largest absolute Gasteiger partial charge is 0.383 e. The summed E-state index contributed by atoms with van der Waals surface area (Å²) < 4.78 is 0. The van der Waals surface area contributed by atoms with E-state index >= 15 is 0 Å². The van der Waals surface area contributed by atoms with Crippen LogP contribution in [0.5, 0.6) is 0 Å². The van der Waals surface area contributed by atoms with Gasteiger partial charge in [-0.2, -0.15) is 0 Å². The van der Waals surface area contributed by atoms with Crippen molar-refractivity contribution in [1.82, 2.24) is 19.7 Å². The minimum atomic E-state index is -0.858. The van der Waals surface area contributed by atoms with Crippen molar-refractivity contribution in [2.45, 2.75) is 31.3 Å². The van der Waals surface area contributed by atoms with Crippen molar-refractivity contribution in [3.8, 4) is 0 Å². The number of piperidine rings is 1. The van der Waals surface area contributed by atoms with E-state index in [-0.39, 0.29) is 11.8 Å². The highest BCUT2D eigenvalue weighted by molar-refractivity contribution is 6.42. The lowest BCUT2D eigenvalue weighted by Crippen LogP contribution is -2.44. The maximum absolute atomic E-state index is 12.7. The van der Waals surface area contributed by atoms with E-state index in [1.54, 1.807) is 35.4 Å². The zero-order valence-electron chi connectivity index (χ0n) is 20.3. The topological polar surface area (TPSA) is 77.0 Å². The Morgan fingerprint density at radius 1 is 1.03 bits per heavy atom. The van der Waals surface area contributed by atoms with Gasteiger partial charge in [0.1, 0.15) is 5.60 Å². The number of hydrogen-bond donors (Lipinski definition) is 1. The third-order valence-corrected chi connectivity index (χ3v) is 7.73. The fourth-order valence-electron chi connectivity index (χ4n) is 4.74. The molecule has 2 aliphatic heterocycles. The first-order valence-electron chi connectivity index (χ1n) is 12.4. The van der Waals surface area contributed by atoms with Crippen LogP contribution in [0.15, 0.2) is 48.7 Å². The third kappa shape index (κ3) is 6.85. The Bertz CT molecular complexity index is 1090. The molecule has 192 valence electrons. The van der Waals surface area contributed by atoms with Crippen molar-refractivity contribution >= 4 is 41.1 Å². The second-order valence-electron chi connectivity index (χ2n) is 9.40. The number of likely N-dealkylation sites (tertiary alicyclic amines) is 1. The van der Waals surface area contributed by atoms with E-state index in [9.17, 15) is 14.7 Å². The van der Waals surface area contributed by atoms with Crippen LogP contribution in [0.1, 0.15) is 36.9 Å². The van der Waals surface area contributed by atoms with Crippen LogP contribution in [-0.4, -0.2) is 82.4 Å². The second-order valence-corrected chi connectivity index (χ2v) is 10.2. The van der Waals surface area contributed by atoms with Crippen LogP contribution in [0.4, 0.5) is 0 Å². The Hall–Kier alpha value is -2.45. The molecule has 1 aromatic carbocycles. The molecule has 0 unspecified atom stereocenters. The number of pyridine rings is 1. The van der Waals surface area contributed by atoms with E-state index in [0.29, 0.717) is 55.5 Å². The van der Waals surface area contributed by atoms with E-state index in [2.05, 4.69) is 9.88 Å². The molecular formula is C27H32Cl2N4O3. The van der Waals surface area contributed by atoms with Crippen molar-refractivity contribution in [2.24, 2.45) is 0 Å². The summed E-state index contributed by atoms with van der Waals surface area (Å²) in [5.74, 6) is -0.0358. The number of amides is 2. The molecule has 0 bridgehead atoms. The van der Waals surface area contributed by atoms with Crippen LogP contribution < -0.4 is 0 Å². The Labute approximate surface area is 222 Å². The molecule has 2 saturated heterocycles. The first-order chi connectivity index (χ1) is 17.3. The lowest BCUT2D eigenvalue weighted by molar-refractivity contribution is -0.130. The molecule has 2 aromatic rings.